The molecule has 1 aliphatic rings. The van der Waals surface area contributed by atoms with Crippen molar-refractivity contribution in [1.82, 2.24) is 10.2 Å². The number of benzene rings is 1. The van der Waals surface area contributed by atoms with Gasteiger partial charge in [-0.2, -0.15) is 0 Å². The molecule has 0 bridgehead atoms. The van der Waals surface area contributed by atoms with Crippen molar-refractivity contribution in [2.24, 2.45) is 5.73 Å². The molecule has 1 aromatic rings. The zero-order valence-corrected chi connectivity index (χ0v) is 14.5. The van der Waals surface area contributed by atoms with Crippen molar-refractivity contribution in [3.8, 4) is 5.75 Å². The molecule has 0 aromatic heterocycles. The number of carbonyl (C=O) groups excluding carboxylic acids is 2. The normalized spacial score (nSPS) is 18.2. The zero-order chi connectivity index (χ0) is 17.5. The topological polar surface area (TPSA) is 84.7 Å². The lowest BCUT2D eigenvalue weighted by Crippen LogP contribution is -2.51. The van der Waals surface area contributed by atoms with Crippen molar-refractivity contribution >= 4 is 11.9 Å². The molecule has 0 saturated carbocycles. The van der Waals surface area contributed by atoms with E-state index >= 15 is 0 Å². The summed E-state index contributed by atoms with van der Waals surface area (Å²) in [5.41, 5.74) is 6.32. The summed E-state index contributed by atoms with van der Waals surface area (Å²) in [7, 11) is 1.66. The first kappa shape index (κ1) is 18.1. The van der Waals surface area contributed by atoms with Crippen molar-refractivity contribution in [3.63, 3.8) is 0 Å². The average Bonchev–Trinajstić information content (AvgIpc) is 3.02. The van der Waals surface area contributed by atoms with Gasteiger partial charge in [-0.05, 0) is 37.3 Å². The highest BCUT2D eigenvalue weighted by molar-refractivity contribution is 5.87. The number of carbonyl (C=O) groups is 2. The van der Waals surface area contributed by atoms with Crippen LogP contribution in [0.15, 0.2) is 24.3 Å². The van der Waals surface area contributed by atoms with Crippen LogP contribution in [0.25, 0.3) is 0 Å². The highest BCUT2D eigenvalue weighted by Crippen LogP contribution is 2.26. The number of primary amides is 1. The van der Waals surface area contributed by atoms with Gasteiger partial charge in [0.25, 0.3) is 0 Å². The molecule has 0 aliphatic carbocycles. The van der Waals surface area contributed by atoms with E-state index in [2.05, 4.69) is 5.32 Å². The molecule has 24 heavy (non-hydrogen) atoms. The first-order valence-corrected chi connectivity index (χ1v) is 8.55. The van der Waals surface area contributed by atoms with Crippen LogP contribution < -0.4 is 15.8 Å². The Hall–Kier alpha value is -2.24. The van der Waals surface area contributed by atoms with Gasteiger partial charge in [-0.25, -0.2) is 4.79 Å². The fraction of sp³-hybridized carbons (Fsp3) is 0.556. The molecule has 0 spiro atoms. The van der Waals surface area contributed by atoms with Gasteiger partial charge in [-0.3, -0.25) is 4.79 Å². The summed E-state index contributed by atoms with van der Waals surface area (Å²) in [6.07, 6.45) is 4.09. The molecule has 1 aromatic carbocycles. The van der Waals surface area contributed by atoms with Crippen LogP contribution in [0.2, 0.25) is 0 Å². The summed E-state index contributed by atoms with van der Waals surface area (Å²) in [5.74, 6) is 0.810. The van der Waals surface area contributed by atoms with Crippen LogP contribution in [0.1, 0.15) is 38.2 Å². The largest absolute Gasteiger partial charge is 0.496 e. The van der Waals surface area contributed by atoms with Crippen LogP contribution in [0, 0.1) is 0 Å². The number of nitrogens with zero attached hydrogens (tertiary/aromatic N) is 1. The van der Waals surface area contributed by atoms with E-state index in [0.29, 0.717) is 6.42 Å². The third-order valence-corrected chi connectivity index (χ3v) is 4.50. The minimum atomic E-state index is -0.651. The molecule has 1 fully saturated rings. The van der Waals surface area contributed by atoms with Gasteiger partial charge in [0.1, 0.15) is 11.8 Å². The summed E-state index contributed by atoms with van der Waals surface area (Å²) in [6, 6.07) is 6.83. The Kier molecular flexibility index (Phi) is 6.46. The van der Waals surface area contributed by atoms with Gasteiger partial charge in [-0.15, -0.1) is 0 Å². The maximum atomic E-state index is 12.9. The molecule has 1 aliphatic heterocycles. The predicted octanol–water partition coefficient (Wildman–Crippen LogP) is 2.07. The zero-order valence-electron chi connectivity index (χ0n) is 14.5. The van der Waals surface area contributed by atoms with Gasteiger partial charge < -0.3 is 20.7 Å². The second kappa shape index (κ2) is 8.57. The number of nitrogens with two attached hydrogens (primary N) is 1. The van der Waals surface area contributed by atoms with Crippen molar-refractivity contribution in [2.45, 2.75) is 51.1 Å². The molecule has 6 heteroatoms. The highest BCUT2D eigenvalue weighted by Gasteiger charge is 2.33. The van der Waals surface area contributed by atoms with E-state index in [1.165, 1.54) is 0 Å². The molecule has 132 valence electrons. The molecule has 2 atom stereocenters. The number of likely N-dealkylation sites (tertiary alicyclic amines) is 1. The Bertz CT molecular complexity index is 576. The van der Waals surface area contributed by atoms with Crippen molar-refractivity contribution in [3.05, 3.63) is 29.8 Å². The maximum Gasteiger partial charge on any atom is 0.312 e. The van der Waals surface area contributed by atoms with Crippen LogP contribution >= 0.6 is 0 Å². The van der Waals surface area contributed by atoms with E-state index in [9.17, 15) is 9.59 Å². The molecule has 0 unspecified atom stereocenters. The molecule has 1 saturated heterocycles. The molecule has 0 radical (unpaired) electrons. The predicted molar refractivity (Wildman–Crippen MR) is 92.8 cm³/mol. The minimum absolute atomic E-state index is 0.0342. The van der Waals surface area contributed by atoms with Gasteiger partial charge in [0.2, 0.25) is 5.91 Å². The molecule has 3 amide bonds. The monoisotopic (exact) mass is 333 g/mol. The maximum absolute atomic E-state index is 12.9. The van der Waals surface area contributed by atoms with Crippen molar-refractivity contribution in [1.29, 1.82) is 0 Å². The fourth-order valence-electron chi connectivity index (χ4n) is 3.38. The Balaban J connectivity index is 2.11. The first-order valence-electron chi connectivity index (χ1n) is 8.55. The van der Waals surface area contributed by atoms with E-state index < -0.39 is 12.1 Å². The second-order valence-electron chi connectivity index (χ2n) is 6.19. The summed E-state index contributed by atoms with van der Waals surface area (Å²) in [4.78, 5) is 25.9. The number of urea groups is 1. The number of rotatable bonds is 7. The summed E-state index contributed by atoms with van der Waals surface area (Å²) in [5, 5.41) is 2.59. The molecule has 6 nitrogen and oxygen atoms in total. The third-order valence-electron chi connectivity index (χ3n) is 4.50. The van der Waals surface area contributed by atoms with Crippen molar-refractivity contribution < 1.29 is 14.3 Å². The Labute approximate surface area is 143 Å². The smallest absolute Gasteiger partial charge is 0.312 e. The average molecular weight is 333 g/mol. The standard InChI is InChI=1S/C18H27N3O3/c1-3-7-15(20-18(19)23)17(22)21-11-6-9-14(21)12-13-8-4-5-10-16(13)24-2/h4-5,8,10,14-15H,3,6-7,9,11-12H2,1-2H3,(H3,19,20,23)/t14-,15-/m1/s1. The lowest BCUT2D eigenvalue weighted by atomic mass is 10.0. The number of amides is 3. The second-order valence-corrected chi connectivity index (χ2v) is 6.19. The van der Waals surface area contributed by atoms with Crippen LogP contribution in [0.3, 0.4) is 0 Å². The van der Waals surface area contributed by atoms with Crippen LogP contribution in [0.4, 0.5) is 4.79 Å². The number of hydrogen-bond acceptors (Lipinski definition) is 3. The van der Waals surface area contributed by atoms with E-state index in [1.54, 1.807) is 7.11 Å². The highest BCUT2D eigenvalue weighted by atomic mass is 16.5. The van der Waals surface area contributed by atoms with E-state index in [1.807, 2.05) is 36.1 Å². The van der Waals surface area contributed by atoms with Crippen LogP contribution in [-0.4, -0.2) is 42.6 Å². The summed E-state index contributed by atoms with van der Waals surface area (Å²) < 4.78 is 5.41. The van der Waals surface area contributed by atoms with Gasteiger partial charge >= 0.3 is 6.03 Å². The summed E-state index contributed by atoms with van der Waals surface area (Å²) >= 11 is 0. The molecule has 2 rings (SSSR count). The number of nitrogens with one attached hydrogen (secondary N) is 1. The van der Waals surface area contributed by atoms with E-state index in [-0.39, 0.29) is 11.9 Å². The van der Waals surface area contributed by atoms with Crippen LogP contribution in [0.5, 0.6) is 5.75 Å². The van der Waals surface area contributed by atoms with Gasteiger partial charge in [0, 0.05) is 12.6 Å². The Morgan fingerprint density at radius 1 is 1.42 bits per heavy atom. The molecular formula is C18H27N3O3. The SMILES string of the molecule is CCC[C@@H](NC(N)=O)C(=O)N1CCC[C@@H]1Cc1ccccc1OC. The van der Waals surface area contributed by atoms with Gasteiger partial charge in [-0.1, -0.05) is 31.5 Å². The number of para-hydroxylation sites is 1. The van der Waals surface area contributed by atoms with Crippen LogP contribution in [-0.2, 0) is 11.2 Å². The number of ether oxygens (including phenoxy) is 1. The van der Waals surface area contributed by atoms with E-state index in [4.69, 9.17) is 10.5 Å². The van der Waals surface area contributed by atoms with Gasteiger partial charge in [0.05, 0.1) is 7.11 Å². The van der Waals surface area contributed by atoms with Crippen molar-refractivity contribution in [2.75, 3.05) is 13.7 Å². The third kappa shape index (κ3) is 4.40. The summed E-state index contributed by atoms with van der Waals surface area (Å²) in [6.45, 7) is 2.71. The number of methoxy groups -OCH3 is 1. The minimum Gasteiger partial charge on any atom is -0.496 e. The first-order chi connectivity index (χ1) is 11.6. The lowest BCUT2D eigenvalue weighted by Gasteiger charge is -2.29. The molecule has 3 N–H and O–H groups in total. The Morgan fingerprint density at radius 3 is 2.83 bits per heavy atom. The molecule has 1 heterocycles. The quantitative estimate of drug-likeness (QED) is 0.801. The molecular weight excluding hydrogens is 306 g/mol. The fourth-order valence-corrected chi connectivity index (χ4v) is 3.38. The Morgan fingerprint density at radius 2 is 2.17 bits per heavy atom. The number of hydrogen-bond donors (Lipinski definition) is 2. The van der Waals surface area contributed by atoms with E-state index in [0.717, 1.165) is 43.5 Å². The van der Waals surface area contributed by atoms with Gasteiger partial charge in [0.15, 0.2) is 0 Å². The lowest BCUT2D eigenvalue weighted by molar-refractivity contribution is -0.134.